The molecule has 1 heterocycles. The van der Waals surface area contributed by atoms with E-state index in [0.717, 1.165) is 43.7 Å². The van der Waals surface area contributed by atoms with E-state index in [1.54, 1.807) is 19.2 Å². The van der Waals surface area contributed by atoms with E-state index in [2.05, 4.69) is 31.6 Å². The minimum Gasteiger partial charge on any atom is -0.381 e. The third-order valence-corrected chi connectivity index (χ3v) is 4.31. The molecule has 2 rings (SSSR count). The molecule has 1 aliphatic rings. The van der Waals surface area contributed by atoms with Crippen LogP contribution in [0.4, 0.5) is 4.39 Å². The summed E-state index contributed by atoms with van der Waals surface area (Å²) >= 11 is 3.35. The van der Waals surface area contributed by atoms with Gasteiger partial charge in [0.2, 0.25) is 0 Å². The topological polar surface area (TPSA) is 54.9 Å². The van der Waals surface area contributed by atoms with Crippen LogP contribution in [-0.2, 0) is 16.0 Å². The molecule has 2 N–H and O–H groups in total. The zero-order chi connectivity index (χ0) is 17.2. The molecule has 0 saturated carbocycles. The summed E-state index contributed by atoms with van der Waals surface area (Å²) in [5, 5.41) is 6.31. The first kappa shape index (κ1) is 22.6. The van der Waals surface area contributed by atoms with Crippen molar-refractivity contribution >= 4 is 45.9 Å². The standard InChI is InChI=1S/C17H25BrFN3O2.HI/c1-20-17(22-10-14-9-15(18)3-4-16(14)19)21-6-2-7-23-11-13-5-8-24-12-13;/h3-4,9,13H,2,5-8,10-12H2,1H3,(H2,20,21,22);1H. The van der Waals surface area contributed by atoms with Crippen molar-refractivity contribution in [2.75, 3.05) is 40.0 Å². The fourth-order valence-corrected chi connectivity index (χ4v) is 2.83. The van der Waals surface area contributed by atoms with Crippen molar-refractivity contribution in [3.8, 4) is 0 Å². The smallest absolute Gasteiger partial charge is 0.191 e. The summed E-state index contributed by atoms with van der Waals surface area (Å²) in [6, 6.07) is 4.89. The van der Waals surface area contributed by atoms with Gasteiger partial charge in [-0.05, 0) is 31.0 Å². The molecule has 25 heavy (non-hydrogen) atoms. The molecule has 1 aromatic rings. The second kappa shape index (κ2) is 12.8. The number of rotatable bonds is 8. The molecule has 0 amide bonds. The van der Waals surface area contributed by atoms with E-state index in [0.29, 0.717) is 30.6 Å². The predicted octanol–water partition coefficient (Wildman–Crippen LogP) is 3.31. The van der Waals surface area contributed by atoms with E-state index in [1.165, 1.54) is 6.07 Å². The third kappa shape index (κ3) is 8.65. The zero-order valence-corrected chi connectivity index (χ0v) is 18.3. The highest BCUT2D eigenvalue weighted by Crippen LogP contribution is 2.15. The molecule has 1 saturated heterocycles. The zero-order valence-electron chi connectivity index (χ0n) is 14.4. The van der Waals surface area contributed by atoms with Crippen molar-refractivity contribution in [1.82, 2.24) is 10.6 Å². The van der Waals surface area contributed by atoms with E-state index in [-0.39, 0.29) is 29.8 Å². The van der Waals surface area contributed by atoms with Crippen LogP contribution < -0.4 is 10.6 Å². The number of benzene rings is 1. The van der Waals surface area contributed by atoms with Crippen LogP contribution in [0.1, 0.15) is 18.4 Å². The number of guanidine groups is 1. The molecule has 1 fully saturated rings. The third-order valence-electron chi connectivity index (χ3n) is 3.81. The van der Waals surface area contributed by atoms with E-state index < -0.39 is 0 Å². The molecule has 5 nitrogen and oxygen atoms in total. The highest BCUT2D eigenvalue weighted by molar-refractivity contribution is 14.0. The van der Waals surface area contributed by atoms with E-state index >= 15 is 0 Å². The minimum absolute atomic E-state index is 0. The average Bonchev–Trinajstić information content (AvgIpc) is 3.09. The summed E-state index contributed by atoms with van der Waals surface area (Å²) in [7, 11) is 1.70. The Labute approximate surface area is 174 Å². The fourth-order valence-electron chi connectivity index (χ4n) is 2.42. The van der Waals surface area contributed by atoms with Crippen LogP contribution in [0.15, 0.2) is 27.7 Å². The van der Waals surface area contributed by atoms with Gasteiger partial charge in [-0.25, -0.2) is 4.39 Å². The second-order valence-electron chi connectivity index (χ2n) is 5.75. The molecule has 0 aliphatic carbocycles. The summed E-state index contributed by atoms with van der Waals surface area (Å²) < 4.78 is 25.5. The van der Waals surface area contributed by atoms with Crippen molar-refractivity contribution in [2.45, 2.75) is 19.4 Å². The fraction of sp³-hybridized carbons (Fsp3) is 0.588. The Kier molecular flexibility index (Phi) is 11.6. The number of nitrogens with zero attached hydrogens (tertiary/aromatic N) is 1. The van der Waals surface area contributed by atoms with Crippen LogP contribution >= 0.6 is 39.9 Å². The molecule has 142 valence electrons. The number of halogens is 3. The van der Waals surface area contributed by atoms with Gasteiger partial charge in [-0.1, -0.05) is 15.9 Å². The first-order chi connectivity index (χ1) is 11.7. The maximum absolute atomic E-state index is 13.7. The Bertz CT molecular complexity index is 543. The monoisotopic (exact) mass is 529 g/mol. The van der Waals surface area contributed by atoms with Gasteiger partial charge >= 0.3 is 0 Å². The van der Waals surface area contributed by atoms with E-state index in [4.69, 9.17) is 9.47 Å². The number of ether oxygens (including phenoxy) is 2. The first-order valence-electron chi connectivity index (χ1n) is 8.23. The Morgan fingerprint density at radius 2 is 2.28 bits per heavy atom. The van der Waals surface area contributed by atoms with E-state index in [9.17, 15) is 4.39 Å². The molecule has 0 radical (unpaired) electrons. The van der Waals surface area contributed by atoms with Gasteiger partial charge in [0.1, 0.15) is 5.82 Å². The lowest BCUT2D eigenvalue weighted by atomic mass is 10.1. The molecule has 1 unspecified atom stereocenters. The summed E-state index contributed by atoms with van der Waals surface area (Å²) in [5.74, 6) is 0.969. The molecular formula is C17H26BrFIN3O2. The average molecular weight is 530 g/mol. The molecule has 0 bridgehead atoms. The summed E-state index contributed by atoms with van der Waals surface area (Å²) in [5.41, 5.74) is 0.592. The van der Waals surface area contributed by atoms with Gasteiger partial charge in [-0.15, -0.1) is 24.0 Å². The number of hydrogen-bond donors (Lipinski definition) is 2. The van der Waals surface area contributed by atoms with Gasteiger partial charge in [-0.2, -0.15) is 0 Å². The Balaban J connectivity index is 0.00000312. The van der Waals surface area contributed by atoms with Crippen molar-refractivity contribution < 1.29 is 13.9 Å². The first-order valence-corrected chi connectivity index (χ1v) is 9.02. The van der Waals surface area contributed by atoms with Crippen LogP contribution in [0, 0.1) is 11.7 Å². The molecule has 1 aliphatic heterocycles. The molecule has 0 spiro atoms. The predicted molar refractivity (Wildman–Crippen MR) is 112 cm³/mol. The van der Waals surface area contributed by atoms with Crippen molar-refractivity contribution in [3.63, 3.8) is 0 Å². The quantitative estimate of drug-likeness (QED) is 0.235. The summed E-state index contributed by atoms with van der Waals surface area (Å²) in [4.78, 5) is 4.14. The van der Waals surface area contributed by atoms with Crippen LogP contribution in [-0.4, -0.2) is 46.0 Å². The number of nitrogens with one attached hydrogen (secondary N) is 2. The lowest BCUT2D eigenvalue weighted by molar-refractivity contribution is 0.0888. The SMILES string of the molecule is CN=C(NCCCOCC1CCOC1)NCc1cc(Br)ccc1F.I. The van der Waals surface area contributed by atoms with Gasteiger partial charge in [-0.3, -0.25) is 4.99 Å². The van der Waals surface area contributed by atoms with Crippen LogP contribution in [0.3, 0.4) is 0 Å². The van der Waals surface area contributed by atoms with Crippen LogP contribution in [0.5, 0.6) is 0 Å². The highest BCUT2D eigenvalue weighted by atomic mass is 127. The van der Waals surface area contributed by atoms with E-state index in [1.807, 2.05) is 0 Å². The van der Waals surface area contributed by atoms with Gasteiger partial charge < -0.3 is 20.1 Å². The Morgan fingerprint density at radius 3 is 3.00 bits per heavy atom. The van der Waals surface area contributed by atoms with Crippen LogP contribution in [0.25, 0.3) is 0 Å². The summed E-state index contributed by atoms with van der Waals surface area (Å²) in [6.45, 7) is 4.29. The largest absolute Gasteiger partial charge is 0.381 e. The second-order valence-corrected chi connectivity index (χ2v) is 6.66. The van der Waals surface area contributed by atoms with Crippen LogP contribution in [0.2, 0.25) is 0 Å². The molecule has 0 aromatic heterocycles. The van der Waals surface area contributed by atoms with Crippen molar-refractivity contribution in [3.05, 3.63) is 34.1 Å². The maximum atomic E-state index is 13.7. The molecule has 1 aromatic carbocycles. The van der Waals surface area contributed by atoms with Crippen molar-refractivity contribution in [1.29, 1.82) is 0 Å². The Hall–Kier alpha value is -0.450. The van der Waals surface area contributed by atoms with Gasteiger partial charge in [0, 0.05) is 49.3 Å². The summed E-state index contributed by atoms with van der Waals surface area (Å²) in [6.07, 6.45) is 1.99. The van der Waals surface area contributed by atoms with Crippen molar-refractivity contribution in [2.24, 2.45) is 10.9 Å². The normalized spacial score (nSPS) is 17.2. The lowest BCUT2D eigenvalue weighted by Crippen LogP contribution is -2.37. The number of aliphatic imine (C=N–C) groups is 1. The minimum atomic E-state index is -0.231. The lowest BCUT2D eigenvalue weighted by Gasteiger charge is -2.13. The number of hydrogen-bond acceptors (Lipinski definition) is 3. The highest BCUT2D eigenvalue weighted by Gasteiger charge is 2.15. The molecule has 8 heteroatoms. The maximum Gasteiger partial charge on any atom is 0.191 e. The molecule has 1 atom stereocenters. The van der Waals surface area contributed by atoms with Gasteiger partial charge in [0.25, 0.3) is 0 Å². The van der Waals surface area contributed by atoms with Gasteiger partial charge in [0.05, 0.1) is 13.2 Å². The van der Waals surface area contributed by atoms with Gasteiger partial charge in [0.15, 0.2) is 5.96 Å². The molecular weight excluding hydrogens is 504 g/mol. The Morgan fingerprint density at radius 1 is 1.44 bits per heavy atom.